The fourth-order valence-corrected chi connectivity index (χ4v) is 10.5. The van der Waals surface area contributed by atoms with E-state index in [1.165, 1.54) is 32.1 Å². The van der Waals surface area contributed by atoms with Crippen LogP contribution in [0.25, 0.3) is 0 Å². The molecule has 0 aromatic carbocycles. The van der Waals surface area contributed by atoms with E-state index >= 15 is 0 Å². The predicted molar refractivity (Wildman–Crippen MR) is 172 cm³/mol. The van der Waals surface area contributed by atoms with Crippen molar-refractivity contribution in [1.29, 1.82) is 0 Å². The van der Waals surface area contributed by atoms with E-state index in [-0.39, 0.29) is 18.6 Å². The molecule has 8 heteroatoms. The number of fused-ring (bicyclic) bond motifs is 3. The maximum Gasteiger partial charge on any atom is 0.240 e. The molecule has 7 aliphatic rings. The molecule has 5 saturated carbocycles. The van der Waals surface area contributed by atoms with Gasteiger partial charge in [-0.25, -0.2) is 0 Å². The van der Waals surface area contributed by atoms with Crippen LogP contribution in [0.1, 0.15) is 91.9 Å². The molecule has 0 aromatic rings. The van der Waals surface area contributed by atoms with Crippen LogP contribution in [0.2, 0.25) is 0 Å². The molecule has 1 amide bonds. The molecule has 5 aliphatic carbocycles. The van der Waals surface area contributed by atoms with Gasteiger partial charge in [-0.1, -0.05) is 51.9 Å². The summed E-state index contributed by atoms with van der Waals surface area (Å²) in [5.74, 6) is 10.5. The van der Waals surface area contributed by atoms with Gasteiger partial charge in [0.05, 0.1) is 19.3 Å². The first-order valence-corrected chi connectivity index (χ1v) is 18.1. The average molecular weight is 613 g/mol. The molecule has 7 rings (SSSR count). The summed E-state index contributed by atoms with van der Waals surface area (Å²) in [7, 11) is 0. The molecule has 7 fully saturated rings. The van der Waals surface area contributed by atoms with Gasteiger partial charge in [0.1, 0.15) is 12.1 Å². The van der Waals surface area contributed by atoms with E-state index in [9.17, 15) is 15.0 Å². The van der Waals surface area contributed by atoms with Crippen molar-refractivity contribution in [3.05, 3.63) is 0 Å². The molecule has 2 saturated heterocycles. The van der Waals surface area contributed by atoms with Crippen LogP contribution in [0, 0.1) is 64.6 Å². The molecule has 13 atom stereocenters. The van der Waals surface area contributed by atoms with Gasteiger partial charge in [-0.2, -0.15) is 5.06 Å². The molecule has 0 radical (unpaired) electrons. The maximum absolute atomic E-state index is 14.0. The van der Waals surface area contributed by atoms with Crippen molar-refractivity contribution in [3.63, 3.8) is 0 Å². The second-order valence-corrected chi connectivity index (χ2v) is 16.2. The smallest absolute Gasteiger partial charge is 0.240 e. The Bertz CT molecular complexity index is 1060. The maximum atomic E-state index is 14.0. The summed E-state index contributed by atoms with van der Waals surface area (Å²) in [6.45, 7) is 12.1. The van der Waals surface area contributed by atoms with E-state index in [1.807, 2.05) is 5.06 Å². The highest BCUT2D eigenvalue weighted by molar-refractivity contribution is 5.82. The van der Waals surface area contributed by atoms with Crippen LogP contribution in [0.3, 0.4) is 0 Å². The number of nitrogens with one attached hydrogen (secondary N) is 3. The summed E-state index contributed by atoms with van der Waals surface area (Å²) < 4.78 is 0. The highest BCUT2D eigenvalue weighted by Gasteiger charge is 2.57. The Morgan fingerprint density at radius 1 is 1.14 bits per heavy atom. The molecule has 2 heterocycles. The summed E-state index contributed by atoms with van der Waals surface area (Å²) in [6.07, 6.45) is 10.8. The summed E-state index contributed by atoms with van der Waals surface area (Å²) in [6, 6.07) is 0.291. The van der Waals surface area contributed by atoms with Gasteiger partial charge in [0, 0.05) is 37.0 Å². The molecule has 5 unspecified atom stereocenters. The van der Waals surface area contributed by atoms with Gasteiger partial charge in [0.15, 0.2) is 0 Å². The van der Waals surface area contributed by atoms with Gasteiger partial charge in [0.25, 0.3) is 0 Å². The lowest BCUT2D eigenvalue weighted by atomic mass is 9.45. The molecule has 0 spiro atoms. The van der Waals surface area contributed by atoms with Gasteiger partial charge < -0.3 is 26.2 Å². The van der Waals surface area contributed by atoms with Crippen LogP contribution in [0.4, 0.5) is 0 Å². The molecular weight excluding hydrogens is 552 g/mol. The SMILES string of the molecule is C[C@@H]1[C@@H](NC(=O)[C@@H]2[C@H]([C@H](C)O)[C@H](CO)ON2CC2CCCC(C#CCNCC3CNC4CCCCC34)C2)C[C@H]2C[C@@H]1C2(C)C. The zero-order chi connectivity index (χ0) is 31.0. The van der Waals surface area contributed by atoms with Gasteiger partial charge in [-0.05, 0) is 99.3 Å². The topological polar surface area (TPSA) is 106 Å². The minimum absolute atomic E-state index is 0.0574. The highest BCUT2D eigenvalue weighted by Crippen LogP contribution is 2.61. The standard InChI is InChI=1S/C36H60N4O4/c1-22-29-16-27(36(29,3)4)17-31(22)39-35(43)34-33(23(2)42)32(21-41)44-40(34)20-25-10-7-9-24(15-25)11-8-14-37-18-26-19-38-30-13-6-5-12-28(26)30/h22-34,37-38,41-42H,5-7,9-10,12-21H2,1-4H3,(H,39,43)/t22-,23-,24?,25?,26?,27+,28?,29-,30?,31-,32-,33+,34-/m0/s1. The number of rotatable bonds is 9. The number of hydrogen-bond donors (Lipinski definition) is 5. The van der Waals surface area contributed by atoms with E-state index in [0.29, 0.717) is 41.5 Å². The highest BCUT2D eigenvalue weighted by atomic mass is 16.7. The number of hydrogen-bond acceptors (Lipinski definition) is 7. The first-order valence-electron chi connectivity index (χ1n) is 18.1. The van der Waals surface area contributed by atoms with Crippen LogP contribution in [0.15, 0.2) is 0 Å². The third-order valence-corrected chi connectivity index (χ3v) is 13.3. The quantitative estimate of drug-likeness (QED) is 0.201. The van der Waals surface area contributed by atoms with Crippen molar-refractivity contribution in [2.75, 3.05) is 32.8 Å². The molecule has 2 aliphatic heterocycles. The third-order valence-electron chi connectivity index (χ3n) is 13.3. The zero-order valence-corrected chi connectivity index (χ0v) is 27.8. The van der Waals surface area contributed by atoms with Crippen molar-refractivity contribution in [2.24, 2.45) is 52.8 Å². The number of aliphatic hydroxyl groups excluding tert-OH is 2. The second-order valence-electron chi connectivity index (χ2n) is 16.2. The molecule has 2 bridgehead atoms. The van der Waals surface area contributed by atoms with Gasteiger partial charge in [0.2, 0.25) is 5.91 Å². The first kappa shape index (κ1) is 32.7. The fourth-order valence-electron chi connectivity index (χ4n) is 10.5. The predicted octanol–water partition coefficient (Wildman–Crippen LogP) is 3.32. The van der Waals surface area contributed by atoms with Crippen LogP contribution in [-0.4, -0.2) is 84.3 Å². The van der Waals surface area contributed by atoms with Crippen LogP contribution < -0.4 is 16.0 Å². The molecular formula is C36H60N4O4. The van der Waals surface area contributed by atoms with E-state index in [2.05, 4.69) is 48.6 Å². The number of carbonyl (C=O) groups is 1. The number of carbonyl (C=O) groups excluding carboxylic acids is 1. The van der Waals surface area contributed by atoms with E-state index in [0.717, 1.165) is 69.6 Å². The van der Waals surface area contributed by atoms with Crippen molar-refractivity contribution in [2.45, 2.75) is 122 Å². The number of aliphatic hydroxyl groups is 2. The lowest BCUT2D eigenvalue weighted by Crippen LogP contribution is -2.62. The zero-order valence-electron chi connectivity index (χ0n) is 27.8. The summed E-state index contributed by atoms with van der Waals surface area (Å²) in [5, 5.41) is 33.5. The Hall–Kier alpha value is -1.21. The van der Waals surface area contributed by atoms with Gasteiger partial charge >= 0.3 is 0 Å². The Morgan fingerprint density at radius 2 is 1.95 bits per heavy atom. The van der Waals surface area contributed by atoms with E-state index < -0.39 is 24.2 Å². The number of nitrogens with zero attached hydrogens (tertiary/aromatic N) is 1. The lowest BCUT2D eigenvalue weighted by molar-refractivity contribution is -0.184. The Labute approximate surface area is 266 Å². The molecule has 248 valence electrons. The molecule has 5 N–H and O–H groups in total. The van der Waals surface area contributed by atoms with Crippen molar-refractivity contribution in [3.8, 4) is 11.8 Å². The molecule has 44 heavy (non-hydrogen) atoms. The van der Waals surface area contributed by atoms with Gasteiger partial charge in [-0.15, -0.1) is 0 Å². The fraction of sp³-hybridized carbons (Fsp3) is 0.917. The summed E-state index contributed by atoms with van der Waals surface area (Å²) >= 11 is 0. The van der Waals surface area contributed by atoms with Crippen molar-refractivity contribution in [1.82, 2.24) is 21.0 Å². The Kier molecular flexibility index (Phi) is 10.3. The third kappa shape index (κ3) is 6.62. The number of hydroxylamine groups is 2. The largest absolute Gasteiger partial charge is 0.394 e. The summed E-state index contributed by atoms with van der Waals surface area (Å²) in [5.41, 5.74) is 0.357. The van der Waals surface area contributed by atoms with Crippen molar-refractivity contribution < 1.29 is 19.8 Å². The number of amides is 1. The first-order chi connectivity index (χ1) is 21.2. The van der Waals surface area contributed by atoms with Crippen molar-refractivity contribution >= 4 is 5.91 Å². The molecule has 0 aromatic heterocycles. The monoisotopic (exact) mass is 612 g/mol. The van der Waals surface area contributed by atoms with Gasteiger partial charge in [-0.3, -0.25) is 9.63 Å². The normalized spacial score (nSPS) is 43.8. The van der Waals surface area contributed by atoms with E-state index in [1.54, 1.807) is 6.92 Å². The summed E-state index contributed by atoms with van der Waals surface area (Å²) in [4.78, 5) is 20.2. The minimum atomic E-state index is -0.759. The van der Waals surface area contributed by atoms with E-state index in [4.69, 9.17) is 4.84 Å². The second kappa shape index (κ2) is 13.9. The average Bonchev–Trinajstić information content (AvgIpc) is 3.59. The Balaban J connectivity index is 1.02. The Morgan fingerprint density at radius 3 is 2.70 bits per heavy atom. The van der Waals surface area contributed by atoms with Crippen LogP contribution >= 0.6 is 0 Å². The van der Waals surface area contributed by atoms with Crippen LogP contribution in [-0.2, 0) is 9.63 Å². The lowest BCUT2D eigenvalue weighted by Gasteiger charge is -2.62. The molecule has 8 nitrogen and oxygen atoms in total. The van der Waals surface area contributed by atoms with Crippen LogP contribution in [0.5, 0.6) is 0 Å². The minimum Gasteiger partial charge on any atom is -0.394 e.